The molecule has 7 N–H and O–H groups in total. The first-order valence-corrected chi connectivity index (χ1v) is 37.4. The van der Waals surface area contributed by atoms with Crippen LogP contribution in [0, 0.1) is 17.8 Å². The highest BCUT2D eigenvalue weighted by Gasteiger charge is 2.39. The zero-order valence-corrected chi connectivity index (χ0v) is 59.6. The molecule has 6 bridgehead atoms. The number of carboxylic acids is 1. The van der Waals surface area contributed by atoms with Gasteiger partial charge in [0.25, 0.3) is 31.1 Å². The van der Waals surface area contributed by atoms with E-state index in [1.807, 2.05) is 18.2 Å². The standard InChI is InChI=1S/C24H29F2N7O3.C24H27F2N7O3.C13H14N4O3.C11H17F2N3O/c2*25-22(26)21-19(12-33(30-21)15-3-1-14(13-34)2-4-15)28-24(35)18-9-27-32-8-7-20(29-23(18)32)31-10-16-5-6-17(11-31)36-16;18-13(19)10-5-14-17-4-3-11(15-12(10)17)16-6-8-1-2-9(7-16)20-8;12-11(13)10-9(14)5-16(15-10)8-3-1-7(6-17)2-4-8/h7-9,12,14-17,22,34H,1-6,10-11,13H2,(H,28,35);7-9,12-17,22H,1-6,10-11H2,(H,28,35);3-5,8-9H,1-2,6-7H2,(H,18,19);5,7-8,11,17H,1-4,6,14H2/t2*14?,15?,16-,17+;8-,9+;. The number of nitrogens with zero attached hydrogens (tertiary/aromatic N) is 18. The number of alkyl halides is 6. The number of aliphatic hydroxyl groups excluding tert-OH is 2. The number of carbonyl (C=O) groups is 4. The first-order chi connectivity index (χ1) is 52.8. The minimum atomic E-state index is -2.85. The van der Waals surface area contributed by atoms with Crippen LogP contribution in [0.25, 0.3) is 16.9 Å². The fourth-order valence-corrected chi connectivity index (χ4v) is 16.5. The molecular weight excluding hydrogens is 1430 g/mol. The maximum Gasteiger partial charge on any atom is 0.341 e. The van der Waals surface area contributed by atoms with E-state index in [1.165, 1.54) is 60.1 Å². The maximum atomic E-state index is 13.8. The Kier molecular flexibility index (Phi) is 22.2. The Bertz CT molecular complexity index is 4660. The first-order valence-electron chi connectivity index (χ1n) is 37.4. The van der Waals surface area contributed by atoms with E-state index in [4.69, 9.17) is 35.1 Å². The first kappa shape index (κ1) is 74.6. The van der Waals surface area contributed by atoms with Gasteiger partial charge in [0, 0.05) is 95.6 Å². The Labute approximate surface area is 620 Å². The van der Waals surface area contributed by atoms with E-state index < -0.39 is 48.4 Å². The van der Waals surface area contributed by atoms with E-state index >= 15 is 0 Å². The lowest BCUT2D eigenvalue weighted by molar-refractivity contribution is -0.112. The number of nitrogens with two attached hydrogens (primary N) is 1. The molecule has 3 aliphatic carbocycles. The molecule has 0 unspecified atom stereocenters. The lowest BCUT2D eigenvalue weighted by Crippen LogP contribution is -2.43. The van der Waals surface area contributed by atoms with Crippen LogP contribution in [0.2, 0.25) is 0 Å². The fraction of sp³-hybridized carbons (Fsp3) is 0.569. The summed E-state index contributed by atoms with van der Waals surface area (Å²) in [5.41, 5.74) is 5.86. The van der Waals surface area contributed by atoms with Crippen molar-refractivity contribution in [2.75, 3.05) is 83.5 Å². The second-order valence-corrected chi connectivity index (χ2v) is 29.7. The van der Waals surface area contributed by atoms with E-state index in [-0.39, 0.29) is 119 Å². The Hall–Kier alpha value is -9.85. The number of nitrogens with one attached hydrogen (secondary N) is 2. The molecule has 9 aromatic heterocycles. The normalized spacial score (nSPS) is 25.8. The smallest absolute Gasteiger partial charge is 0.341 e. The number of carbonyl (C=O) groups excluding carboxylic acids is 3. The molecule has 3 saturated carbocycles. The van der Waals surface area contributed by atoms with Crippen molar-refractivity contribution in [3.8, 4) is 0 Å². The number of fused-ring (bicyclic) bond motifs is 9. The fourth-order valence-electron chi connectivity index (χ4n) is 16.5. The number of aromatic nitrogens is 15. The van der Waals surface area contributed by atoms with Gasteiger partial charge in [0.05, 0.1) is 90.4 Å². The molecule has 9 aliphatic rings. The number of hydrogen-bond acceptors (Lipinski definition) is 22. The SMILES string of the molecule is Nc1cn(C2CCC(CO)CC2)nc1C(F)F.O=C(Nc1cn(C2CCC(CO)CC2)nc1C(F)F)c1cnn2ccc(N3C[C@H]4CC[C@@H](C3)O4)nc12.O=C(O)c1cnn2ccc(N3C[C@H]4CC[C@@H](C3)O4)nc12.O=CC1CCC(n2cc(NC(=O)c3cnn4ccc(N5C[C@H]6CC[C@@H](C5)O6)nc34)c(C(F)F)n2)CC1. The van der Waals surface area contributed by atoms with Gasteiger partial charge in [-0.15, -0.1) is 0 Å². The van der Waals surface area contributed by atoms with Gasteiger partial charge >= 0.3 is 5.97 Å². The van der Waals surface area contributed by atoms with Crippen LogP contribution in [-0.4, -0.2) is 202 Å². The Morgan fingerprint density at radius 3 is 1.11 bits per heavy atom. The number of hydrogen-bond donors (Lipinski definition) is 6. The van der Waals surface area contributed by atoms with Crippen LogP contribution in [0.4, 0.5) is 60.9 Å². The van der Waals surface area contributed by atoms with Gasteiger partial charge in [-0.25, -0.2) is 59.6 Å². The molecule has 582 valence electrons. The molecule has 9 aromatic rings. The molecule has 0 radical (unpaired) electrons. The monoisotopic (exact) mass is 1520 g/mol. The van der Waals surface area contributed by atoms with Gasteiger partial charge in [0.1, 0.15) is 40.4 Å². The molecular formula is C72H87F6N21O10. The Morgan fingerprint density at radius 2 is 0.789 bits per heavy atom. The molecule has 0 aromatic carbocycles. The van der Waals surface area contributed by atoms with E-state index in [1.54, 1.807) is 23.3 Å². The molecule has 31 nitrogen and oxygen atoms in total. The van der Waals surface area contributed by atoms with Gasteiger partial charge in [-0.3, -0.25) is 23.6 Å². The second kappa shape index (κ2) is 32.4. The summed E-state index contributed by atoms with van der Waals surface area (Å²) < 4.78 is 107. The molecule has 2 amide bonds. The van der Waals surface area contributed by atoms with Crippen molar-refractivity contribution in [2.24, 2.45) is 17.8 Å². The topological polar surface area (TPSA) is 360 Å². The van der Waals surface area contributed by atoms with Gasteiger partial charge in [-0.2, -0.15) is 30.6 Å². The van der Waals surface area contributed by atoms with Crippen LogP contribution in [0.5, 0.6) is 0 Å². The largest absolute Gasteiger partial charge is 0.477 e. The predicted molar refractivity (Wildman–Crippen MR) is 381 cm³/mol. The van der Waals surface area contributed by atoms with Crippen molar-refractivity contribution in [1.82, 2.24) is 73.1 Å². The molecule has 9 fully saturated rings. The van der Waals surface area contributed by atoms with Crippen molar-refractivity contribution in [1.29, 1.82) is 0 Å². The zero-order chi connectivity index (χ0) is 75.7. The summed E-state index contributed by atoms with van der Waals surface area (Å²) >= 11 is 0. The molecule has 0 spiro atoms. The maximum absolute atomic E-state index is 13.8. The summed E-state index contributed by atoms with van der Waals surface area (Å²) in [7, 11) is 0. The average molecular weight is 1520 g/mol. The van der Waals surface area contributed by atoms with E-state index in [9.17, 15) is 50.6 Å². The lowest BCUT2D eigenvalue weighted by atomic mass is 9.87. The number of aliphatic hydroxyl groups is 2. The Morgan fingerprint density at radius 1 is 0.468 bits per heavy atom. The molecule has 109 heavy (non-hydrogen) atoms. The summed E-state index contributed by atoms with van der Waals surface area (Å²) in [6, 6.07) is 5.58. The average Bonchev–Trinajstić information content (AvgIpc) is 1.66. The van der Waals surface area contributed by atoms with Crippen LogP contribution < -0.4 is 31.1 Å². The molecule has 6 aliphatic heterocycles. The minimum absolute atomic E-state index is 0.00573. The third-order valence-electron chi connectivity index (χ3n) is 22.5. The minimum Gasteiger partial charge on any atom is -0.477 e. The number of halogens is 6. The van der Waals surface area contributed by atoms with E-state index in [2.05, 4.69) is 65.9 Å². The van der Waals surface area contributed by atoms with Crippen molar-refractivity contribution in [3.63, 3.8) is 0 Å². The predicted octanol–water partition coefficient (Wildman–Crippen LogP) is 9.54. The van der Waals surface area contributed by atoms with Crippen LogP contribution in [-0.2, 0) is 19.0 Å². The number of carboxylic acid groups (broad SMARTS) is 1. The van der Waals surface area contributed by atoms with Gasteiger partial charge in [-0.05, 0) is 146 Å². The van der Waals surface area contributed by atoms with Crippen molar-refractivity contribution in [2.45, 2.75) is 190 Å². The number of anilines is 6. The number of ether oxygens (including phenoxy) is 3. The number of morpholine rings is 3. The van der Waals surface area contributed by atoms with Crippen LogP contribution >= 0.6 is 0 Å². The van der Waals surface area contributed by atoms with Gasteiger partial charge in [-0.1, -0.05) is 0 Å². The summed E-state index contributed by atoms with van der Waals surface area (Å²) in [5.74, 6) is 0.685. The molecule has 6 atom stereocenters. The summed E-state index contributed by atoms with van der Waals surface area (Å²) in [5, 5.41) is 57.2. The summed E-state index contributed by atoms with van der Waals surface area (Å²) in [4.78, 5) is 68.9. The van der Waals surface area contributed by atoms with Gasteiger partial charge in [0.15, 0.2) is 34.0 Å². The quantitative estimate of drug-likeness (QED) is 0.0365. The number of rotatable bonds is 17. The number of amides is 2. The third kappa shape index (κ3) is 16.4. The van der Waals surface area contributed by atoms with E-state index in [0.29, 0.717) is 48.5 Å². The number of aldehydes is 1. The molecule has 6 saturated heterocycles. The van der Waals surface area contributed by atoms with Crippen LogP contribution in [0.3, 0.4) is 0 Å². The highest BCUT2D eigenvalue weighted by atomic mass is 19.3. The van der Waals surface area contributed by atoms with Crippen molar-refractivity contribution < 1.29 is 75.1 Å². The van der Waals surface area contributed by atoms with Crippen molar-refractivity contribution in [3.05, 3.63) is 108 Å². The molecule has 15 heterocycles. The van der Waals surface area contributed by atoms with E-state index in [0.717, 1.165) is 153 Å². The van der Waals surface area contributed by atoms with Crippen LogP contribution in [0.1, 0.15) is 201 Å². The van der Waals surface area contributed by atoms with Gasteiger partial charge in [0.2, 0.25) is 0 Å². The van der Waals surface area contributed by atoms with Crippen LogP contribution in [0.15, 0.2) is 74.0 Å². The molecule has 37 heteroatoms. The number of nitrogen functional groups attached to an aromatic ring is 1. The zero-order valence-electron chi connectivity index (χ0n) is 59.6. The highest BCUT2D eigenvalue weighted by Crippen LogP contribution is 2.40. The number of aromatic carboxylic acids is 1. The summed E-state index contributed by atoms with van der Waals surface area (Å²) in [6.45, 7) is 4.93. The molecule has 18 rings (SSSR count). The highest BCUT2D eigenvalue weighted by molar-refractivity contribution is 6.09. The van der Waals surface area contributed by atoms with Gasteiger partial charge < -0.3 is 65.4 Å². The Balaban J connectivity index is 0.000000121. The second-order valence-electron chi connectivity index (χ2n) is 29.7. The summed E-state index contributed by atoms with van der Waals surface area (Å²) in [6.07, 6.45) is 23.4. The lowest BCUT2D eigenvalue weighted by Gasteiger charge is -2.32. The third-order valence-corrected chi connectivity index (χ3v) is 22.5. The van der Waals surface area contributed by atoms with Crippen molar-refractivity contribution >= 4 is 75.5 Å².